The van der Waals surface area contributed by atoms with Gasteiger partial charge in [0.15, 0.2) is 4.21 Å². The highest BCUT2D eigenvalue weighted by Gasteiger charge is 2.22. The lowest BCUT2D eigenvalue weighted by Gasteiger charge is -2.10. The number of para-hydroxylation sites is 1. The van der Waals surface area contributed by atoms with Crippen molar-refractivity contribution in [2.45, 2.75) is 11.1 Å². The van der Waals surface area contributed by atoms with Crippen molar-refractivity contribution in [2.24, 2.45) is 0 Å². The molecule has 2 aromatic rings. The zero-order chi connectivity index (χ0) is 14.2. The van der Waals surface area contributed by atoms with Gasteiger partial charge in [0.2, 0.25) is 0 Å². The van der Waals surface area contributed by atoms with E-state index in [-0.39, 0.29) is 25.6 Å². The summed E-state index contributed by atoms with van der Waals surface area (Å²) in [5.74, 6) is 0. The molecular weight excluding hydrogens is 331 g/mol. The van der Waals surface area contributed by atoms with Gasteiger partial charge in [-0.2, -0.15) is 0 Å². The fourth-order valence-corrected chi connectivity index (χ4v) is 4.43. The molecule has 0 atom stereocenters. The van der Waals surface area contributed by atoms with Gasteiger partial charge >= 0.3 is 4.87 Å². The third-order valence-corrected chi connectivity index (χ3v) is 5.81. The normalized spacial score (nSPS) is 11.5. The molecule has 0 aliphatic heterocycles. The van der Waals surface area contributed by atoms with Gasteiger partial charge in [-0.3, -0.25) is 9.52 Å². The molecule has 1 aromatic carbocycles. The Morgan fingerprint density at radius 3 is 2.32 bits per heavy atom. The van der Waals surface area contributed by atoms with Crippen molar-refractivity contribution in [3.63, 3.8) is 0 Å². The zero-order valence-corrected chi connectivity index (χ0v) is 12.7. The van der Waals surface area contributed by atoms with Crippen LogP contribution in [0.5, 0.6) is 0 Å². The van der Waals surface area contributed by atoms with Crippen molar-refractivity contribution in [1.29, 1.82) is 0 Å². The number of anilines is 1. The van der Waals surface area contributed by atoms with E-state index >= 15 is 0 Å². The summed E-state index contributed by atoms with van der Waals surface area (Å²) in [6.07, 6.45) is 0. The van der Waals surface area contributed by atoms with Gasteiger partial charge in [-0.05, 0) is 19.1 Å². The molecule has 0 amide bonds. The van der Waals surface area contributed by atoms with Gasteiger partial charge in [0.05, 0.1) is 15.7 Å². The summed E-state index contributed by atoms with van der Waals surface area (Å²) in [4.78, 5) is 13.1. The molecule has 0 spiro atoms. The first kappa shape index (κ1) is 14.4. The molecule has 0 aliphatic rings. The van der Waals surface area contributed by atoms with Crippen LogP contribution in [0.1, 0.15) is 5.69 Å². The Balaban J connectivity index is 2.48. The minimum Gasteiger partial charge on any atom is -0.315 e. The summed E-state index contributed by atoms with van der Waals surface area (Å²) >= 11 is 12.4. The summed E-state index contributed by atoms with van der Waals surface area (Å²) in [5, 5.41) is 0.355. The van der Waals surface area contributed by atoms with Crippen LogP contribution in [0.2, 0.25) is 10.0 Å². The van der Waals surface area contributed by atoms with E-state index in [1.807, 2.05) is 0 Å². The van der Waals surface area contributed by atoms with Crippen LogP contribution in [0.4, 0.5) is 5.69 Å². The average Bonchev–Trinajstić information content (AvgIpc) is 2.64. The van der Waals surface area contributed by atoms with E-state index in [2.05, 4.69) is 9.71 Å². The summed E-state index contributed by atoms with van der Waals surface area (Å²) in [7, 11) is -3.90. The monoisotopic (exact) mass is 338 g/mol. The summed E-state index contributed by atoms with van der Waals surface area (Å²) in [5.41, 5.74) is 0.358. The quantitative estimate of drug-likeness (QED) is 0.902. The highest BCUT2D eigenvalue weighted by Crippen LogP contribution is 2.32. The van der Waals surface area contributed by atoms with E-state index in [0.29, 0.717) is 11.3 Å². The number of sulfonamides is 1. The molecule has 0 aliphatic carbocycles. The van der Waals surface area contributed by atoms with Crippen LogP contribution in [-0.2, 0) is 10.0 Å². The summed E-state index contributed by atoms with van der Waals surface area (Å²) in [6.45, 7) is 1.50. The molecule has 9 heteroatoms. The minimum atomic E-state index is -3.90. The Morgan fingerprint density at radius 1 is 1.26 bits per heavy atom. The molecule has 0 bridgehead atoms. The van der Waals surface area contributed by atoms with Crippen LogP contribution in [0.3, 0.4) is 0 Å². The molecule has 2 rings (SSSR count). The number of thiazole rings is 1. The van der Waals surface area contributed by atoms with Crippen LogP contribution in [0.15, 0.2) is 27.2 Å². The van der Waals surface area contributed by atoms with Crippen molar-refractivity contribution < 1.29 is 8.42 Å². The molecular formula is C10H8Cl2N2O3S2. The lowest BCUT2D eigenvalue weighted by atomic mass is 10.3. The highest BCUT2D eigenvalue weighted by molar-refractivity contribution is 7.94. The molecule has 0 radical (unpaired) electrons. The zero-order valence-electron chi connectivity index (χ0n) is 9.53. The molecule has 19 heavy (non-hydrogen) atoms. The van der Waals surface area contributed by atoms with Crippen LogP contribution < -0.4 is 9.60 Å². The molecule has 5 nitrogen and oxygen atoms in total. The maximum Gasteiger partial charge on any atom is 0.306 e. The highest BCUT2D eigenvalue weighted by atomic mass is 35.5. The van der Waals surface area contributed by atoms with Gasteiger partial charge in [0.1, 0.15) is 0 Å². The Morgan fingerprint density at radius 2 is 1.84 bits per heavy atom. The van der Waals surface area contributed by atoms with E-state index in [0.717, 1.165) is 0 Å². The van der Waals surface area contributed by atoms with Gasteiger partial charge in [-0.25, -0.2) is 8.42 Å². The Bertz CT molecular complexity index is 760. The molecule has 2 N–H and O–H groups in total. The second kappa shape index (κ2) is 5.16. The lowest BCUT2D eigenvalue weighted by molar-refractivity contribution is 0.602. The van der Waals surface area contributed by atoms with Crippen LogP contribution >= 0.6 is 34.5 Å². The SMILES string of the molecule is Cc1[nH]c(=O)sc1S(=O)(=O)Nc1c(Cl)cccc1Cl. The van der Waals surface area contributed by atoms with E-state index in [9.17, 15) is 13.2 Å². The standard InChI is InChI=1S/C10H8Cl2N2O3S2/c1-5-9(18-10(15)13-5)19(16,17)14-8-6(11)3-2-4-7(8)12/h2-4,14H,1H3,(H,13,15). The van der Waals surface area contributed by atoms with Crippen molar-refractivity contribution in [1.82, 2.24) is 4.98 Å². The lowest BCUT2D eigenvalue weighted by Crippen LogP contribution is -2.13. The first-order valence-corrected chi connectivity index (χ1v) is 8.03. The van der Waals surface area contributed by atoms with Crippen molar-refractivity contribution in [3.8, 4) is 0 Å². The minimum absolute atomic E-state index is 0.0890. The van der Waals surface area contributed by atoms with Gasteiger partial charge < -0.3 is 4.98 Å². The number of hydrogen-bond acceptors (Lipinski definition) is 4. The molecule has 0 saturated carbocycles. The average molecular weight is 339 g/mol. The number of aromatic amines is 1. The third-order valence-electron chi connectivity index (χ3n) is 2.22. The Hall–Kier alpha value is -1.02. The summed E-state index contributed by atoms with van der Waals surface area (Å²) in [6, 6.07) is 4.62. The predicted molar refractivity (Wildman–Crippen MR) is 76.9 cm³/mol. The van der Waals surface area contributed by atoms with Gasteiger partial charge in [0, 0.05) is 5.69 Å². The first-order chi connectivity index (χ1) is 8.81. The second-order valence-electron chi connectivity index (χ2n) is 3.63. The van der Waals surface area contributed by atoms with Crippen LogP contribution in [-0.4, -0.2) is 13.4 Å². The van der Waals surface area contributed by atoms with Gasteiger partial charge in [-0.15, -0.1) is 0 Å². The number of hydrogen-bond donors (Lipinski definition) is 2. The molecule has 1 heterocycles. The number of halogens is 2. The third kappa shape index (κ3) is 2.94. The van der Waals surface area contributed by atoms with Crippen LogP contribution in [0, 0.1) is 6.92 Å². The van der Waals surface area contributed by atoms with Gasteiger partial charge in [0.25, 0.3) is 10.0 Å². The maximum absolute atomic E-state index is 12.2. The van der Waals surface area contributed by atoms with Crippen molar-refractivity contribution in [3.05, 3.63) is 43.6 Å². The second-order valence-corrected chi connectivity index (χ2v) is 7.30. The number of nitrogens with one attached hydrogen (secondary N) is 2. The van der Waals surface area contributed by atoms with E-state index in [1.54, 1.807) is 6.07 Å². The Kier molecular flexibility index (Phi) is 3.91. The van der Waals surface area contributed by atoms with Gasteiger partial charge in [-0.1, -0.05) is 40.6 Å². The fourth-order valence-electron chi connectivity index (χ4n) is 1.42. The first-order valence-electron chi connectivity index (χ1n) is 4.98. The Labute approximate surface area is 123 Å². The van der Waals surface area contributed by atoms with E-state index < -0.39 is 14.9 Å². The van der Waals surface area contributed by atoms with E-state index in [1.165, 1.54) is 19.1 Å². The molecule has 102 valence electrons. The predicted octanol–water partition coefficient (Wildman–Crippen LogP) is 2.85. The molecule has 0 fully saturated rings. The largest absolute Gasteiger partial charge is 0.315 e. The van der Waals surface area contributed by atoms with Crippen LogP contribution in [0.25, 0.3) is 0 Å². The van der Waals surface area contributed by atoms with Crippen molar-refractivity contribution >= 4 is 50.2 Å². The number of H-pyrrole nitrogens is 1. The number of rotatable bonds is 3. The fraction of sp³-hybridized carbons (Fsp3) is 0.100. The smallest absolute Gasteiger partial charge is 0.306 e. The maximum atomic E-state index is 12.2. The topological polar surface area (TPSA) is 79.0 Å². The molecule has 0 unspecified atom stereocenters. The summed E-state index contributed by atoms with van der Waals surface area (Å²) < 4.78 is 26.5. The number of aromatic nitrogens is 1. The van der Waals surface area contributed by atoms with Crippen molar-refractivity contribution in [2.75, 3.05) is 4.72 Å². The molecule has 1 aromatic heterocycles. The molecule has 0 saturated heterocycles. The number of aryl methyl sites for hydroxylation is 1. The van der Waals surface area contributed by atoms with E-state index in [4.69, 9.17) is 23.2 Å². The number of benzene rings is 1.